The van der Waals surface area contributed by atoms with Crippen LogP contribution in [-0.2, 0) is 26.1 Å². The molecule has 1 aromatic carbocycles. The van der Waals surface area contributed by atoms with Crippen LogP contribution in [0.25, 0.3) is 0 Å². The molecule has 4 rings (SSSR count). The second-order valence-electron chi connectivity index (χ2n) is 7.32. The Labute approximate surface area is 160 Å². The third kappa shape index (κ3) is 3.65. The van der Waals surface area contributed by atoms with Crippen molar-refractivity contribution in [3.05, 3.63) is 59.9 Å². The third-order valence-electron chi connectivity index (χ3n) is 5.44. The lowest BCUT2D eigenvalue weighted by molar-refractivity contribution is -0.115. The van der Waals surface area contributed by atoms with Crippen molar-refractivity contribution in [2.45, 2.75) is 30.4 Å². The number of benzene rings is 1. The summed E-state index contributed by atoms with van der Waals surface area (Å²) in [6.45, 7) is 4.38. The van der Waals surface area contributed by atoms with Crippen LogP contribution in [0.5, 0.6) is 0 Å². The van der Waals surface area contributed by atoms with Gasteiger partial charge in [-0.15, -0.1) is 0 Å². The molecule has 1 aromatic heterocycles. The predicted octanol–water partition coefficient (Wildman–Crippen LogP) is 2.39. The Morgan fingerprint density at radius 2 is 2.00 bits per heavy atom. The Balaban J connectivity index is 1.36. The Morgan fingerprint density at radius 1 is 1.22 bits per heavy atom. The van der Waals surface area contributed by atoms with Gasteiger partial charge >= 0.3 is 0 Å². The van der Waals surface area contributed by atoms with E-state index < -0.39 is 15.6 Å². The van der Waals surface area contributed by atoms with Gasteiger partial charge in [-0.3, -0.25) is 4.98 Å². The molecule has 2 aliphatic heterocycles. The average molecular weight is 388 g/mol. The van der Waals surface area contributed by atoms with Crippen molar-refractivity contribution in [2.24, 2.45) is 5.92 Å². The lowest BCUT2D eigenvalue weighted by Gasteiger charge is -2.49. The molecule has 0 bridgehead atoms. The van der Waals surface area contributed by atoms with Crippen molar-refractivity contribution < 1.29 is 17.9 Å². The zero-order valence-corrected chi connectivity index (χ0v) is 16.2. The quantitative estimate of drug-likeness (QED) is 0.760. The summed E-state index contributed by atoms with van der Waals surface area (Å²) in [7, 11) is -3.47. The number of hydrogen-bond donors (Lipinski definition) is 0. The molecule has 0 saturated carbocycles. The minimum atomic E-state index is -3.47. The number of rotatable bonds is 6. The van der Waals surface area contributed by atoms with Crippen LogP contribution in [0, 0.1) is 12.8 Å². The second-order valence-corrected chi connectivity index (χ2v) is 9.26. The third-order valence-corrected chi connectivity index (χ3v) is 7.25. The van der Waals surface area contributed by atoms with Crippen LogP contribution in [0.1, 0.15) is 17.7 Å². The number of hydrogen-bond acceptors (Lipinski definition) is 5. The van der Waals surface area contributed by atoms with Gasteiger partial charge in [-0.25, -0.2) is 8.42 Å². The number of aromatic nitrogens is 1. The van der Waals surface area contributed by atoms with E-state index in [4.69, 9.17) is 9.47 Å². The predicted molar refractivity (Wildman–Crippen MR) is 101 cm³/mol. The topological polar surface area (TPSA) is 68.7 Å². The maximum Gasteiger partial charge on any atom is 0.243 e. The van der Waals surface area contributed by atoms with Crippen molar-refractivity contribution in [3.63, 3.8) is 0 Å². The van der Waals surface area contributed by atoms with E-state index in [1.54, 1.807) is 18.3 Å². The number of aryl methyl sites for hydroxylation is 1. The standard InChI is InChI=1S/C20H24N2O4S/c1-16-5-7-19(8-6-16)27(23,24)22-14-20(15-22)17(9-11-26-20)12-25-13-18-4-2-3-10-21-18/h2-8,10,17H,9,11-15H2,1H3. The zero-order chi connectivity index (χ0) is 18.9. The maximum atomic E-state index is 12.8. The summed E-state index contributed by atoms with van der Waals surface area (Å²) in [6, 6.07) is 12.7. The van der Waals surface area contributed by atoms with Gasteiger partial charge in [0.25, 0.3) is 0 Å². The molecular weight excluding hydrogens is 364 g/mol. The first-order valence-corrected chi connectivity index (χ1v) is 10.6. The Morgan fingerprint density at radius 3 is 2.70 bits per heavy atom. The average Bonchev–Trinajstić information content (AvgIpc) is 3.06. The molecule has 2 aromatic rings. The molecule has 2 aliphatic rings. The van der Waals surface area contributed by atoms with Gasteiger partial charge in [0, 0.05) is 31.8 Å². The van der Waals surface area contributed by atoms with Gasteiger partial charge in [0.15, 0.2) is 0 Å². The summed E-state index contributed by atoms with van der Waals surface area (Å²) in [5.74, 6) is 0.200. The Kier molecular flexibility index (Phi) is 5.03. The fraction of sp³-hybridized carbons (Fsp3) is 0.450. The molecule has 1 spiro atoms. The van der Waals surface area contributed by atoms with Gasteiger partial charge in [-0.05, 0) is 37.6 Å². The van der Waals surface area contributed by atoms with Crippen LogP contribution >= 0.6 is 0 Å². The first-order valence-electron chi connectivity index (χ1n) is 9.18. The molecule has 27 heavy (non-hydrogen) atoms. The summed E-state index contributed by atoms with van der Waals surface area (Å²) >= 11 is 0. The number of ether oxygens (including phenoxy) is 2. The van der Waals surface area contributed by atoms with Gasteiger partial charge in [0.2, 0.25) is 10.0 Å². The second kappa shape index (κ2) is 7.31. The highest BCUT2D eigenvalue weighted by Crippen LogP contribution is 2.42. The summed E-state index contributed by atoms with van der Waals surface area (Å²) < 4.78 is 38.9. The van der Waals surface area contributed by atoms with E-state index in [2.05, 4.69) is 4.98 Å². The van der Waals surface area contributed by atoms with Gasteiger partial charge in [-0.2, -0.15) is 4.31 Å². The van der Waals surface area contributed by atoms with Crippen LogP contribution in [0.3, 0.4) is 0 Å². The fourth-order valence-electron chi connectivity index (χ4n) is 3.74. The maximum absolute atomic E-state index is 12.8. The zero-order valence-electron chi connectivity index (χ0n) is 15.4. The largest absolute Gasteiger partial charge is 0.375 e. The first-order chi connectivity index (χ1) is 13.0. The number of sulfonamides is 1. The minimum absolute atomic E-state index is 0.200. The Hall–Kier alpha value is -1.80. The van der Waals surface area contributed by atoms with Crippen molar-refractivity contribution >= 4 is 10.0 Å². The number of nitrogens with zero attached hydrogens (tertiary/aromatic N) is 2. The highest BCUT2D eigenvalue weighted by Gasteiger charge is 2.56. The van der Waals surface area contributed by atoms with Gasteiger partial charge < -0.3 is 9.47 Å². The van der Waals surface area contributed by atoms with Crippen LogP contribution in [0.2, 0.25) is 0 Å². The van der Waals surface area contributed by atoms with E-state index >= 15 is 0 Å². The van der Waals surface area contributed by atoms with Crippen molar-refractivity contribution in [3.8, 4) is 0 Å². The van der Waals surface area contributed by atoms with Crippen LogP contribution in [0.15, 0.2) is 53.6 Å². The smallest absolute Gasteiger partial charge is 0.243 e. The van der Waals surface area contributed by atoms with E-state index in [1.807, 2.05) is 37.3 Å². The monoisotopic (exact) mass is 388 g/mol. The molecule has 144 valence electrons. The summed E-state index contributed by atoms with van der Waals surface area (Å²) in [4.78, 5) is 4.59. The van der Waals surface area contributed by atoms with E-state index in [-0.39, 0.29) is 5.92 Å². The minimum Gasteiger partial charge on any atom is -0.375 e. The highest BCUT2D eigenvalue weighted by atomic mass is 32.2. The molecule has 2 saturated heterocycles. The molecule has 2 fully saturated rings. The molecule has 1 unspecified atom stereocenters. The molecule has 0 amide bonds. The summed E-state index contributed by atoms with van der Waals surface area (Å²) in [5, 5.41) is 0. The highest BCUT2D eigenvalue weighted by molar-refractivity contribution is 7.89. The lowest BCUT2D eigenvalue weighted by Crippen LogP contribution is -2.66. The SMILES string of the molecule is Cc1ccc(S(=O)(=O)N2CC3(C2)OCCC3COCc2ccccn2)cc1. The van der Waals surface area contributed by atoms with Crippen molar-refractivity contribution in [1.82, 2.24) is 9.29 Å². The lowest BCUT2D eigenvalue weighted by atomic mass is 9.83. The van der Waals surface area contributed by atoms with Crippen LogP contribution < -0.4 is 0 Å². The molecule has 1 atom stereocenters. The normalized spacial score (nSPS) is 22.0. The molecule has 6 nitrogen and oxygen atoms in total. The number of pyridine rings is 1. The van der Waals surface area contributed by atoms with Crippen molar-refractivity contribution in [2.75, 3.05) is 26.3 Å². The molecule has 0 N–H and O–H groups in total. The molecular formula is C20H24N2O4S. The Bertz CT molecular complexity index is 878. The molecule has 7 heteroatoms. The molecule has 0 radical (unpaired) electrons. The van der Waals surface area contributed by atoms with Gasteiger partial charge in [-0.1, -0.05) is 23.8 Å². The first kappa shape index (κ1) is 18.6. The van der Waals surface area contributed by atoms with E-state index in [0.717, 1.165) is 17.7 Å². The van der Waals surface area contributed by atoms with E-state index in [1.165, 1.54) is 4.31 Å². The summed E-state index contributed by atoms with van der Waals surface area (Å²) in [5.41, 5.74) is 1.52. The van der Waals surface area contributed by atoms with Gasteiger partial charge in [0.05, 0.1) is 23.8 Å². The fourth-order valence-corrected chi connectivity index (χ4v) is 5.29. The van der Waals surface area contributed by atoms with E-state index in [0.29, 0.717) is 37.8 Å². The van der Waals surface area contributed by atoms with Gasteiger partial charge in [0.1, 0.15) is 5.60 Å². The summed E-state index contributed by atoms with van der Waals surface area (Å²) in [6.07, 6.45) is 2.64. The van der Waals surface area contributed by atoms with Crippen LogP contribution in [0.4, 0.5) is 0 Å². The van der Waals surface area contributed by atoms with Crippen molar-refractivity contribution in [1.29, 1.82) is 0 Å². The van der Waals surface area contributed by atoms with Crippen LogP contribution in [-0.4, -0.2) is 49.6 Å². The van der Waals surface area contributed by atoms with E-state index in [9.17, 15) is 8.42 Å². The molecule has 0 aliphatic carbocycles. The molecule has 3 heterocycles.